The van der Waals surface area contributed by atoms with E-state index in [-0.39, 0.29) is 80.0 Å². The SMILES string of the molecule is COC1C[C@@H]2CCC[C@@](O)(O2)C(=O)C(=O)N2CCCCC2C(=O)OC([C@H](N)CC2CCC(OCCCCc3cn(CCOCCOCCOCCOCCOCCOCCC(=O)NCCCCNc4ncnc(N)c4C=N)nn3)[C@H](OC)C2)CC(=O)C(C)/C=C(\C)C(O)[C@@H](O)C(=O)C(C)CC(C)/C=C/C=CC=C1C. The zero-order valence-electron chi connectivity index (χ0n) is 65.3. The van der Waals surface area contributed by atoms with Gasteiger partial charge in [0.15, 0.2) is 5.78 Å². The van der Waals surface area contributed by atoms with Crippen LogP contribution in [-0.2, 0) is 93.8 Å². The van der Waals surface area contributed by atoms with Crippen LogP contribution in [0.15, 0.2) is 60.1 Å². The maximum Gasteiger partial charge on any atom is 0.329 e. The van der Waals surface area contributed by atoms with Crippen molar-refractivity contribution in [3.8, 4) is 0 Å². The van der Waals surface area contributed by atoms with Gasteiger partial charge in [-0.05, 0) is 133 Å². The monoisotopic (exact) mass is 1540 g/mol. The van der Waals surface area contributed by atoms with Gasteiger partial charge in [-0.25, -0.2) is 19.4 Å². The molecule has 0 spiro atoms. The van der Waals surface area contributed by atoms with Crippen molar-refractivity contribution >= 4 is 53.0 Å². The number of carbonyl (C=O) groups is 6. The number of hydrogen-bond donors (Lipinski definition) is 8. The Morgan fingerprint density at radius 1 is 0.771 bits per heavy atom. The number of nitrogens with zero attached hydrogens (tertiary/aromatic N) is 6. The van der Waals surface area contributed by atoms with Crippen molar-refractivity contribution in [1.29, 1.82) is 5.41 Å². The summed E-state index contributed by atoms with van der Waals surface area (Å²) in [5.41, 5.74) is 15.2. The van der Waals surface area contributed by atoms with Crippen molar-refractivity contribution in [3.05, 3.63) is 71.4 Å². The highest BCUT2D eigenvalue weighted by Gasteiger charge is 2.50. The molecule has 3 aliphatic heterocycles. The number of nitrogen functional groups attached to an aromatic ring is 1. The van der Waals surface area contributed by atoms with Gasteiger partial charge < -0.3 is 99.8 Å². The van der Waals surface area contributed by atoms with Crippen LogP contribution in [0, 0.1) is 29.1 Å². The number of carbonyl (C=O) groups excluding carboxylic acids is 6. The third-order valence-corrected chi connectivity index (χ3v) is 20.3. The molecule has 3 fully saturated rings. The first-order chi connectivity index (χ1) is 52.5. The van der Waals surface area contributed by atoms with E-state index in [0.29, 0.717) is 181 Å². The maximum absolute atomic E-state index is 14.6. The number of unbranched alkanes of at least 4 members (excludes halogenated alkanes) is 2. The van der Waals surface area contributed by atoms with Gasteiger partial charge in [-0.3, -0.25) is 24.0 Å². The highest BCUT2D eigenvalue weighted by molar-refractivity contribution is 6.39. The van der Waals surface area contributed by atoms with Crippen LogP contribution in [0.3, 0.4) is 0 Å². The summed E-state index contributed by atoms with van der Waals surface area (Å²) >= 11 is 0. The Hall–Kier alpha value is -6.69. The second kappa shape index (κ2) is 50.3. The summed E-state index contributed by atoms with van der Waals surface area (Å²) in [4.78, 5) is 92.2. The molecule has 5 heterocycles. The number of rotatable bonds is 39. The molecule has 1 saturated carbocycles. The quantitative estimate of drug-likeness (QED) is 0.0135. The Bertz CT molecular complexity index is 3210. The van der Waals surface area contributed by atoms with Crippen molar-refractivity contribution in [2.24, 2.45) is 29.4 Å². The first-order valence-electron chi connectivity index (χ1n) is 39.0. The number of aliphatic hydroxyl groups excluding tert-OH is 2. The molecule has 6 rings (SSSR count). The van der Waals surface area contributed by atoms with Crippen molar-refractivity contribution in [3.63, 3.8) is 0 Å². The number of piperidine rings is 1. The third kappa shape index (κ3) is 32.1. The van der Waals surface area contributed by atoms with Gasteiger partial charge in [-0.2, -0.15) is 0 Å². The van der Waals surface area contributed by atoms with E-state index in [9.17, 15) is 44.1 Å². The Labute approximate surface area is 642 Å². The number of hydrogen-bond acceptors (Lipinski definition) is 28. The predicted octanol–water partition coefficient (Wildman–Crippen LogP) is 5.48. The van der Waals surface area contributed by atoms with Gasteiger partial charge in [-0.1, -0.05) is 62.4 Å². The second-order valence-corrected chi connectivity index (χ2v) is 28.9. The molecule has 109 heavy (non-hydrogen) atoms. The van der Waals surface area contributed by atoms with Crippen LogP contribution in [0.1, 0.15) is 161 Å². The van der Waals surface area contributed by atoms with Gasteiger partial charge in [0.2, 0.25) is 11.7 Å². The number of aromatic nitrogens is 5. The first kappa shape index (κ1) is 91.2. The zero-order valence-corrected chi connectivity index (χ0v) is 65.3. The minimum absolute atomic E-state index is 0.0220. The normalized spacial score (nSPS) is 27.3. The van der Waals surface area contributed by atoms with Crippen molar-refractivity contribution in [1.82, 2.24) is 35.2 Å². The maximum atomic E-state index is 14.6. The van der Waals surface area contributed by atoms with E-state index in [1.54, 1.807) is 32.7 Å². The van der Waals surface area contributed by atoms with E-state index in [0.717, 1.165) is 48.1 Å². The number of amides is 2. The average Bonchev–Trinajstić information content (AvgIpc) is 1.41. The predicted molar refractivity (Wildman–Crippen MR) is 406 cm³/mol. The van der Waals surface area contributed by atoms with Gasteiger partial charge >= 0.3 is 5.97 Å². The largest absolute Gasteiger partial charge is 0.459 e. The number of anilines is 2. The lowest BCUT2D eigenvalue weighted by Gasteiger charge is -2.40. The number of aryl methyl sites for hydroxylation is 1. The highest BCUT2D eigenvalue weighted by Crippen LogP contribution is 2.35. The fourth-order valence-corrected chi connectivity index (χ4v) is 13.8. The number of ether oxygens (including phenoxy) is 11. The molecule has 31 nitrogen and oxygen atoms in total. The second-order valence-electron chi connectivity index (χ2n) is 28.9. The molecular formula is C78H125N11O20. The van der Waals surface area contributed by atoms with Gasteiger partial charge in [0, 0.05) is 96.4 Å². The Morgan fingerprint density at radius 2 is 1.46 bits per heavy atom. The van der Waals surface area contributed by atoms with E-state index in [4.69, 9.17) is 69.0 Å². The molecule has 612 valence electrons. The Kier molecular flexibility index (Phi) is 42.1. The summed E-state index contributed by atoms with van der Waals surface area (Å²) in [6.07, 6.45) is 17.8. The summed E-state index contributed by atoms with van der Waals surface area (Å²) in [6, 6.07) is -2.11. The van der Waals surface area contributed by atoms with Crippen LogP contribution in [-0.4, -0.2) is 267 Å². The summed E-state index contributed by atoms with van der Waals surface area (Å²) in [6.45, 7) is 15.8. The molecule has 2 aromatic rings. The van der Waals surface area contributed by atoms with Crippen LogP contribution in [0.25, 0.3) is 0 Å². The van der Waals surface area contributed by atoms with Gasteiger partial charge in [0.25, 0.3) is 11.7 Å². The molecule has 4 aliphatic rings. The van der Waals surface area contributed by atoms with Crippen LogP contribution in [0.2, 0.25) is 0 Å². The molecule has 10 N–H and O–H groups in total. The fourth-order valence-electron chi connectivity index (χ4n) is 13.8. The third-order valence-electron chi connectivity index (χ3n) is 20.3. The smallest absolute Gasteiger partial charge is 0.329 e. The number of fused-ring (bicyclic) bond motifs is 3. The molecule has 0 radical (unpaired) electrons. The van der Waals surface area contributed by atoms with Crippen LogP contribution >= 0.6 is 0 Å². The van der Waals surface area contributed by atoms with E-state index in [2.05, 4.69) is 30.9 Å². The molecule has 2 amide bonds. The zero-order chi connectivity index (χ0) is 78.9. The van der Waals surface area contributed by atoms with Gasteiger partial charge in [0.1, 0.15) is 48.1 Å². The standard InChI is InChI=1S/C78H125N11O20/c1-53-18-9-8-10-19-54(2)66(99-6)48-60-21-17-26-78(98,109-60)73(95)76(96)89-29-15-11-22-63(89)77(97)108-67(49-64(90)55(3)45-57(5)71(93)72(94)70(92)56(4)44-53)62(80)46-58-23-24-65(68(47-58)100-7)107-31-16-12-20-59-51-88(87-86-59)30-33-102-35-37-104-39-41-106-43-42-105-40-38-103-36-34-101-32-25-69(91)82-27-13-14-28-83-75-61(50-79)74(81)84-52-85-75/h8-10,18-19,45,50-53,55-56,58,60,62-63,65-68,71-72,79,93-94,98H,11-17,20-44,46-49,80H2,1-7H3,(H,82,91)(H3,81,83,84,85)/b10-8?,18-9+,54-19?,57-45+,79-50?/t53?,55?,56?,58?,60-,62+,63?,65?,66?,67?,68+,71?,72-,78+/m0/s1. The number of nitrogens with two attached hydrogens (primary N) is 2. The number of esters is 1. The van der Waals surface area contributed by atoms with E-state index >= 15 is 0 Å². The Balaban J connectivity index is 0.860. The number of Topliss-reactive ketones (excluding diaryl/α,β-unsaturated/α-hetero) is 3. The molecule has 2 bridgehead atoms. The first-order valence-corrected chi connectivity index (χ1v) is 39.0. The van der Waals surface area contributed by atoms with Crippen molar-refractivity contribution in [2.75, 3.05) is 131 Å². The van der Waals surface area contributed by atoms with Crippen LogP contribution < -0.4 is 22.1 Å². The van der Waals surface area contributed by atoms with Gasteiger partial charge in [-0.15, -0.1) is 5.10 Å². The molecule has 9 unspecified atom stereocenters. The fraction of sp³-hybridized carbons (Fsp3) is 0.731. The minimum Gasteiger partial charge on any atom is -0.459 e. The number of allylic oxidation sites excluding steroid dienone is 6. The molecule has 2 aromatic heterocycles. The Morgan fingerprint density at radius 3 is 2.15 bits per heavy atom. The number of cyclic esters (lactones) is 1. The topological polar surface area (TPSA) is 424 Å². The lowest BCUT2D eigenvalue weighted by atomic mass is 9.80. The van der Waals surface area contributed by atoms with Crippen LogP contribution in [0.5, 0.6) is 0 Å². The molecule has 1 aliphatic carbocycles. The average molecular weight is 1540 g/mol. The highest BCUT2D eigenvalue weighted by atomic mass is 16.6. The molecular weight excluding hydrogens is 1410 g/mol. The molecule has 31 heteroatoms. The van der Waals surface area contributed by atoms with Crippen LogP contribution in [0.4, 0.5) is 11.6 Å². The molecule has 0 aromatic carbocycles. The van der Waals surface area contributed by atoms with E-state index < -0.39 is 89.5 Å². The van der Waals surface area contributed by atoms with E-state index in [1.807, 2.05) is 50.4 Å². The number of nitrogens with one attached hydrogen (secondary N) is 3. The molecule has 2 saturated heterocycles. The number of aliphatic hydroxyl groups is 3. The van der Waals surface area contributed by atoms with Gasteiger partial charge in [0.05, 0.1) is 122 Å². The number of ketones is 3. The minimum atomic E-state index is -2.44. The van der Waals surface area contributed by atoms with Crippen molar-refractivity contribution < 1.29 is 96.2 Å². The van der Waals surface area contributed by atoms with Crippen molar-refractivity contribution in [2.45, 2.75) is 224 Å². The number of methoxy groups -OCH3 is 2. The molecule has 14 atom stereocenters. The van der Waals surface area contributed by atoms with E-state index in [1.165, 1.54) is 19.3 Å². The summed E-state index contributed by atoms with van der Waals surface area (Å²) in [5, 5.41) is 56.4. The summed E-state index contributed by atoms with van der Waals surface area (Å²) in [5.74, 6) is -7.38. The summed E-state index contributed by atoms with van der Waals surface area (Å²) in [7, 11) is 3.20. The summed E-state index contributed by atoms with van der Waals surface area (Å²) < 4.78 is 65.9. The lowest BCUT2D eigenvalue weighted by Crippen LogP contribution is -2.58. The lowest BCUT2D eigenvalue weighted by molar-refractivity contribution is -0.245.